The molecule has 2 saturated heterocycles. The normalized spacial score (nSPS) is 24.8. The highest BCUT2D eigenvalue weighted by Crippen LogP contribution is 2.26. The van der Waals surface area contributed by atoms with Crippen LogP contribution >= 0.6 is 0 Å². The molecule has 1 aromatic heterocycles. The van der Waals surface area contributed by atoms with Crippen molar-refractivity contribution in [2.24, 2.45) is 0 Å². The van der Waals surface area contributed by atoms with E-state index in [0.29, 0.717) is 12.1 Å². The number of nitriles is 1. The highest BCUT2D eigenvalue weighted by molar-refractivity contribution is 5.86. The molecule has 4 rings (SSSR count). The summed E-state index contributed by atoms with van der Waals surface area (Å²) in [4.78, 5) is 7.12. The van der Waals surface area contributed by atoms with Crippen molar-refractivity contribution in [2.75, 3.05) is 18.0 Å². The molecule has 106 valence electrons. The highest BCUT2D eigenvalue weighted by Gasteiger charge is 2.29. The van der Waals surface area contributed by atoms with Crippen molar-refractivity contribution >= 4 is 16.7 Å². The second-order valence-electron chi connectivity index (χ2n) is 6.03. The molecule has 0 radical (unpaired) electrons. The third-order valence-corrected chi connectivity index (χ3v) is 4.67. The largest absolute Gasteiger partial charge is 0.355 e. The van der Waals surface area contributed by atoms with Crippen molar-refractivity contribution in [3.8, 4) is 6.07 Å². The van der Waals surface area contributed by atoms with Gasteiger partial charge in [0.2, 0.25) is 0 Å². The van der Waals surface area contributed by atoms with Crippen LogP contribution in [0.3, 0.4) is 0 Å². The number of nitrogens with zero attached hydrogens (tertiary/aromatic N) is 3. The number of fused-ring (bicyclic) bond motifs is 3. The minimum atomic E-state index is 0.566. The van der Waals surface area contributed by atoms with Gasteiger partial charge in [0.15, 0.2) is 0 Å². The third kappa shape index (κ3) is 2.24. The van der Waals surface area contributed by atoms with Crippen molar-refractivity contribution in [2.45, 2.75) is 31.3 Å². The lowest BCUT2D eigenvalue weighted by Gasteiger charge is -2.25. The quantitative estimate of drug-likeness (QED) is 0.870. The maximum absolute atomic E-state index is 9.41. The summed E-state index contributed by atoms with van der Waals surface area (Å²) >= 11 is 0. The number of hydrogen-bond donors (Lipinski definition) is 1. The Bertz CT molecular complexity index is 718. The molecule has 2 aliphatic rings. The fourth-order valence-electron chi connectivity index (χ4n) is 3.57. The highest BCUT2D eigenvalue weighted by atomic mass is 15.2. The molecule has 1 N–H and O–H groups in total. The van der Waals surface area contributed by atoms with Crippen LogP contribution in [0.15, 0.2) is 30.3 Å². The van der Waals surface area contributed by atoms with Gasteiger partial charge in [-0.25, -0.2) is 4.98 Å². The van der Waals surface area contributed by atoms with E-state index in [1.165, 1.54) is 12.8 Å². The van der Waals surface area contributed by atoms with Crippen LogP contribution in [0, 0.1) is 11.3 Å². The molecule has 2 unspecified atom stereocenters. The minimum Gasteiger partial charge on any atom is -0.355 e. The van der Waals surface area contributed by atoms with E-state index in [9.17, 15) is 5.26 Å². The van der Waals surface area contributed by atoms with Gasteiger partial charge in [0.1, 0.15) is 5.82 Å². The van der Waals surface area contributed by atoms with Gasteiger partial charge in [0.25, 0.3) is 0 Å². The zero-order chi connectivity index (χ0) is 14.2. The summed E-state index contributed by atoms with van der Waals surface area (Å²) < 4.78 is 0. The fourth-order valence-corrected chi connectivity index (χ4v) is 3.57. The maximum atomic E-state index is 9.41. The summed E-state index contributed by atoms with van der Waals surface area (Å²) in [7, 11) is 0. The van der Waals surface area contributed by atoms with Crippen LogP contribution in [0.2, 0.25) is 0 Å². The molecular weight excluding hydrogens is 260 g/mol. The Morgan fingerprint density at radius 1 is 1.19 bits per heavy atom. The number of benzene rings is 1. The molecule has 3 heterocycles. The predicted octanol–water partition coefficient (Wildman–Crippen LogP) is 2.44. The van der Waals surface area contributed by atoms with Gasteiger partial charge in [-0.05, 0) is 31.4 Å². The standard InChI is InChI=1S/C17H18N4/c18-10-12-9-17(20-16-4-2-1-3-15(12)16)21-8-7-13-5-6-14(11-21)19-13/h1-4,9,13-14,19H,5-8,11H2. The Kier molecular flexibility index (Phi) is 3.01. The van der Waals surface area contributed by atoms with Gasteiger partial charge in [-0.15, -0.1) is 0 Å². The molecule has 21 heavy (non-hydrogen) atoms. The number of rotatable bonds is 1. The molecule has 0 saturated carbocycles. The SMILES string of the molecule is N#Cc1cc(N2CCC3CCC(C2)N3)nc2ccccc12. The van der Waals surface area contributed by atoms with Crippen LogP contribution in [0.4, 0.5) is 5.82 Å². The van der Waals surface area contributed by atoms with Gasteiger partial charge in [0, 0.05) is 30.6 Å². The van der Waals surface area contributed by atoms with Gasteiger partial charge in [0.05, 0.1) is 17.1 Å². The fraction of sp³-hybridized carbons (Fsp3) is 0.412. The van der Waals surface area contributed by atoms with E-state index < -0.39 is 0 Å². The smallest absolute Gasteiger partial charge is 0.130 e. The lowest BCUT2D eigenvalue weighted by atomic mass is 10.1. The second-order valence-corrected chi connectivity index (χ2v) is 6.03. The Morgan fingerprint density at radius 2 is 2.05 bits per heavy atom. The Labute approximate surface area is 124 Å². The van der Waals surface area contributed by atoms with Crippen molar-refractivity contribution in [1.82, 2.24) is 10.3 Å². The molecule has 0 spiro atoms. The molecule has 2 aliphatic heterocycles. The number of anilines is 1. The lowest BCUT2D eigenvalue weighted by Crippen LogP contribution is -2.35. The van der Waals surface area contributed by atoms with E-state index in [-0.39, 0.29) is 0 Å². The lowest BCUT2D eigenvalue weighted by molar-refractivity contribution is 0.563. The average Bonchev–Trinajstić information content (AvgIpc) is 2.85. The Morgan fingerprint density at radius 3 is 2.95 bits per heavy atom. The Hall–Kier alpha value is -2.12. The van der Waals surface area contributed by atoms with Gasteiger partial charge in [-0.3, -0.25) is 0 Å². The number of hydrogen-bond acceptors (Lipinski definition) is 4. The molecule has 2 bridgehead atoms. The molecule has 2 fully saturated rings. The summed E-state index contributed by atoms with van der Waals surface area (Å²) in [5.74, 6) is 0.944. The number of nitrogens with one attached hydrogen (secondary N) is 1. The maximum Gasteiger partial charge on any atom is 0.130 e. The van der Waals surface area contributed by atoms with Crippen LogP contribution in [0.5, 0.6) is 0 Å². The minimum absolute atomic E-state index is 0.566. The molecule has 0 aliphatic carbocycles. The number of para-hydroxylation sites is 1. The first kappa shape index (κ1) is 12.6. The first-order valence-corrected chi connectivity index (χ1v) is 7.64. The topological polar surface area (TPSA) is 52.0 Å². The predicted molar refractivity (Wildman–Crippen MR) is 83.2 cm³/mol. The van der Waals surface area contributed by atoms with Crippen LogP contribution in [-0.2, 0) is 0 Å². The van der Waals surface area contributed by atoms with Crippen molar-refractivity contribution in [1.29, 1.82) is 5.26 Å². The summed E-state index contributed by atoms with van der Waals surface area (Å²) in [5.41, 5.74) is 1.63. The van der Waals surface area contributed by atoms with Gasteiger partial charge < -0.3 is 10.2 Å². The molecule has 4 nitrogen and oxygen atoms in total. The van der Waals surface area contributed by atoms with Crippen molar-refractivity contribution in [3.05, 3.63) is 35.9 Å². The molecule has 2 atom stereocenters. The van der Waals surface area contributed by atoms with Crippen LogP contribution in [0.1, 0.15) is 24.8 Å². The zero-order valence-electron chi connectivity index (χ0n) is 11.9. The van der Waals surface area contributed by atoms with Crippen LogP contribution in [-0.4, -0.2) is 30.2 Å². The van der Waals surface area contributed by atoms with E-state index in [1.807, 2.05) is 30.3 Å². The summed E-state index contributed by atoms with van der Waals surface area (Å²) in [6.07, 6.45) is 3.71. The zero-order valence-corrected chi connectivity index (χ0v) is 11.9. The summed E-state index contributed by atoms with van der Waals surface area (Å²) in [5, 5.41) is 14.0. The number of pyridine rings is 1. The van der Waals surface area contributed by atoms with E-state index in [0.717, 1.165) is 41.8 Å². The summed E-state index contributed by atoms with van der Waals surface area (Å²) in [6.45, 7) is 2.01. The Balaban J connectivity index is 1.74. The molecular formula is C17H18N4. The van der Waals surface area contributed by atoms with E-state index >= 15 is 0 Å². The molecule has 0 amide bonds. The van der Waals surface area contributed by atoms with Crippen molar-refractivity contribution in [3.63, 3.8) is 0 Å². The van der Waals surface area contributed by atoms with E-state index in [4.69, 9.17) is 4.98 Å². The van der Waals surface area contributed by atoms with Gasteiger partial charge in [-0.2, -0.15) is 5.26 Å². The second kappa shape index (κ2) is 5.01. The molecule has 4 heteroatoms. The first-order valence-electron chi connectivity index (χ1n) is 7.64. The van der Waals surface area contributed by atoms with E-state index in [2.05, 4.69) is 16.3 Å². The van der Waals surface area contributed by atoms with Crippen LogP contribution < -0.4 is 10.2 Å². The average molecular weight is 278 g/mol. The van der Waals surface area contributed by atoms with Crippen LogP contribution in [0.25, 0.3) is 10.9 Å². The first-order chi connectivity index (χ1) is 10.3. The van der Waals surface area contributed by atoms with Crippen molar-refractivity contribution < 1.29 is 0 Å². The molecule has 1 aromatic carbocycles. The van der Waals surface area contributed by atoms with Gasteiger partial charge >= 0.3 is 0 Å². The molecule has 2 aromatic rings. The third-order valence-electron chi connectivity index (χ3n) is 4.67. The number of aromatic nitrogens is 1. The van der Waals surface area contributed by atoms with E-state index in [1.54, 1.807) is 0 Å². The monoisotopic (exact) mass is 278 g/mol. The van der Waals surface area contributed by atoms with Gasteiger partial charge in [-0.1, -0.05) is 18.2 Å². The summed E-state index contributed by atoms with van der Waals surface area (Å²) in [6, 6.07) is 13.4.